The van der Waals surface area contributed by atoms with Gasteiger partial charge in [0.05, 0.1) is 0 Å². The molecule has 1 aliphatic heterocycles. The summed E-state index contributed by atoms with van der Waals surface area (Å²) in [5.41, 5.74) is 1.31. The first-order valence-corrected chi connectivity index (χ1v) is 9.35. The van der Waals surface area contributed by atoms with Gasteiger partial charge in [-0.15, -0.1) is 0 Å². The summed E-state index contributed by atoms with van der Waals surface area (Å²) in [7, 11) is 1.91. The maximum atomic E-state index is 5.53. The molecule has 1 unspecified atom stereocenters. The number of benzene rings is 2. The number of rotatable bonds is 5. The van der Waals surface area contributed by atoms with Gasteiger partial charge < -0.3 is 15.5 Å². The third-order valence-corrected chi connectivity index (χ3v) is 5.31. The highest BCUT2D eigenvalue weighted by atomic mass is 32.1. The van der Waals surface area contributed by atoms with Crippen molar-refractivity contribution in [1.82, 2.24) is 15.5 Å². The second kappa shape index (κ2) is 8.45. The Hall–Kier alpha value is -1.65. The highest BCUT2D eigenvalue weighted by Gasteiger charge is 2.16. The average Bonchev–Trinajstić information content (AvgIpc) is 2.65. The van der Waals surface area contributed by atoms with E-state index >= 15 is 0 Å². The molecule has 1 aliphatic rings. The Kier molecular flexibility index (Phi) is 6.05. The minimum absolute atomic E-state index is 0.637. The minimum atomic E-state index is 0.637. The zero-order chi connectivity index (χ0) is 16.8. The highest BCUT2D eigenvalue weighted by molar-refractivity contribution is 7.80. The summed E-state index contributed by atoms with van der Waals surface area (Å²) in [4.78, 5) is 2.29. The molecule has 2 aromatic carbocycles. The van der Waals surface area contributed by atoms with Crippen LogP contribution in [-0.2, 0) is 6.54 Å². The van der Waals surface area contributed by atoms with E-state index in [1.165, 1.54) is 35.6 Å². The Labute approximate surface area is 150 Å². The molecule has 1 heterocycles. The lowest BCUT2D eigenvalue weighted by atomic mass is 10.0. The normalized spacial score (nSPS) is 17.6. The summed E-state index contributed by atoms with van der Waals surface area (Å²) in [6.07, 6.45) is 5.09. The molecule has 128 valence electrons. The highest BCUT2D eigenvalue weighted by Crippen LogP contribution is 2.18. The van der Waals surface area contributed by atoms with Crippen molar-refractivity contribution in [2.75, 3.05) is 20.1 Å². The summed E-state index contributed by atoms with van der Waals surface area (Å²) in [5, 5.41) is 10.2. The van der Waals surface area contributed by atoms with Crippen molar-refractivity contribution >= 4 is 28.1 Å². The van der Waals surface area contributed by atoms with Crippen LogP contribution in [0.25, 0.3) is 10.8 Å². The van der Waals surface area contributed by atoms with Crippen LogP contribution >= 0.6 is 12.2 Å². The zero-order valence-corrected chi connectivity index (χ0v) is 15.2. The van der Waals surface area contributed by atoms with Crippen molar-refractivity contribution in [2.45, 2.75) is 38.3 Å². The van der Waals surface area contributed by atoms with E-state index < -0.39 is 0 Å². The van der Waals surface area contributed by atoms with Crippen molar-refractivity contribution in [3.8, 4) is 0 Å². The summed E-state index contributed by atoms with van der Waals surface area (Å²) in [5.74, 6) is 0. The lowest BCUT2D eigenvalue weighted by molar-refractivity contribution is 0.325. The third-order valence-electron chi connectivity index (χ3n) is 4.85. The number of hydrogen-bond donors (Lipinski definition) is 2. The molecule has 2 aromatic rings. The first-order valence-electron chi connectivity index (χ1n) is 8.94. The van der Waals surface area contributed by atoms with Crippen LogP contribution in [-0.4, -0.2) is 36.2 Å². The maximum absolute atomic E-state index is 5.53. The second-order valence-electron chi connectivity index (χ2n) is 6.59. The van der Waals surface area contributed by atoms with Crippen LogP contribution in [0.15, 0.2) is 42.5 Å². The van der Waals surface area contributed by atoms with Crippen molar-refractivity contribution in [3.63, 3.8) is 0 Å². The van der Waals surface area contributed by atoms with Crippen molar-refractivity contribution < 1.29 is 0 Å². The van der Waals surface area contributed by atoms with Gasteiger partial charge in [-0.25, -0.2) is 0 Å². The predicted molar refractivity (Wildman–Crippen MR) is 106 cm³/mol. The fraction of sp³-hybridized carbons (Fsp3) is 0.450. The van der Waals surface area contributed by atoms with E-state index in [2.05, 4.69) is 58.0 Å². The molecule has 3 rings (SSSR count). The van der Waals surface area contributed by atoms with Gasteiger partial charge in [-0.3, -0.25) is 0 Å². The molecule has 0 spiro atoms. The molecule has 0 radical (unpaired) electrons. The Balaban J connectivity index is 1.66. The quantitative estimate of drug-likeness (QED) is 0.811. The number of hydrogen-bond acceptors (Lipinski definition) is 2. The van der Waals surface area contributed by atoms with Gasteiger partial charge in [-0.1, -0.05) is 42.8 Å². The number of nitrogens with zero attached hydrogens (tertiary/aromatic N) is 1. The summed E-state index contributed by atoms with van der Waals surface area (Å²) in [6, 6.07) is 15.8. The van der Waals surface area contributed by atoms with Crippen LogP contribution in [0.2, 0.25) is 0 Å². The molecular formula is C20H27N3S. The van der Waals surface area contributed by atoms with E-state index in [1.807, 2.05) is 7.05 Å². The smallest absolute Gasteiger partial charge is 0.168 e. The van der Waals surface area contributed by atoms with Gasteiger partial charge in [0.1, 0.15) is 0 Å². The Bertz CT molecular complexity index is 679. The van der Waals surface area contributed by atoms with Gasteiger partial charge in [0, 0.05) is 26.2 Å². The molecule has 0 aliphatic carbocycles. The van der Waals surface area contributed by atoms with Gasteiger partial charge in [0.2, 0.25) is 0 Å². The van der Waals surface area contributed by atoms with Crippen LogP contribution in [0.3, 0.4) is 0 Å². The summed E-state index contributed by atoms with van der Waals surface area (Å²) < 4.78 is 0. The van der Waals surface area contributed by atoms with E-state index in [0.717, 1.165) is 31.2 Å². The molecule has 1 atom stereocenters. The zero-order valence-electron chi connectivity index (χ0n) is 14.4. The monoisotopic (exact) mass is 341 g/mol. The summed E-state index contributed by atoms with van der Waals surface area (Å²) in [6.45, 7) is 3.01. The molecule has 24 heavy (non-hydrogen) atoms. The maximum Gasteiger partial charge on any atom is 0.168 e. The largest absolute Gasteiger partial charge is 0.366 e. The SMILES string of the molecule is CNC(=S)N(CCC1CCCCN1)Cc1ccc2ccccc2c1. The molecule has 1 saturated heterocycles. The molecule has 0 amide bonds. The van der Waals surface area contributed by atoms with E-state index in [9.17, 15) is 0 Å². The van der Waals surface area contributed by atoms with Gasteiger partial charge in [-0.2, -0.15) is 0 Å². The lowest BCUT2D eigenvalue weighted by Crippen LogP contribution is -2.42. The van der Waals surface area contributed by atoms with E-state index in [1.54, 1.807) is 0 Å². The molecule has 2 N–H and O–H groups in total. The van der Waals surface area contributed by atoms with E-state index in [4.69, 9.17) is 12.2 Å². The Morgan fingerprint density at radius 2 is 2.04 bits per heavy atom. The number of piperidine rings is 1. The molecule has 3 nitrogen and oxygen atoms in total. The second-order valence-corrected chi connectivity index (χ2v) is 6.98. The molecule has 0 aromatic heterocycles. The standard InChI is InChI=1S/C20H27N3S/c1-21-20(24)23(13-11-19-8-4-5-12-22-19)15-16-9-10-17-6-2-3-7-18(17)14-16/h2-3,6-7,9-10,14,19,22H,4-5,8,11-13,15H2,1H3,(H,21,24). The molecule has 0 saturated carbocycles. The van der Waals surface area contributed by atoms with Crippen LogP contribution in [0, 0.1) is 0 Å². The van der Waals surface area contributed by atoms with Crippen LogP contribution in [0.5, 0.6) is 0 Å². The first-order chi connectivity index (χ1) is 11.8. The van der Waals surface area contributed by atoms with Crippen molar-refractivity contribution in [1.29, 1.82) is 0 Å². The predicted octanol–water partition coefficient (Wildman–Crippen LogP) is 3.68. The van der Waals surface area contributed by atoms with Gasteiger partial charge in [0.25, 0.3) is 0 Å². The Morgan fingerprint density at radius 3 is 2.79 bits per heavy atom. The van der Waals surface area contributed by atoms with Crippen molar-refractivity contribution in [3.05, 3.63) is 48.0 Å². The summed E-state index contributed by atoms with van der Waals surface area (Å²) >= 11 is 5.53. The number of thiocarbonyl (C=S) groups is 1. The van der Waals surface area contributed by atoms with Gasteiger partial charge in [-0.05, 0) is 60.4 Å². The number of fused-ring (bicyclic) bond motifs is 1. The van der Waals surface area contributed by atoms with E-state index in [-0.39, 0.29) is 0 Å². The van der Waals surface area contributed by atoms with Gasteiger partial charge in [0.15, 0.2) is 5.11 Å². The molecule has 0 bridgehead atoms. The fourth-order valence-electron chi connectivity index (χ4n) is 3.45. The van der Waals surface area contributed by atoms with Crippen LogP contribution in [0.4, 0.5) is 0 Å². The topological polar surface area (TPSA) is 27.3 Å². The van der Waals surface area contributed by atoms with Crippen LogP contribution in [0.1, 0.15) is 31.2 Å². The number of nitrogens with one attached hydrogen (secondary N) is 2. The average molecular weight is 342 g/mol. The molecular weight excluding hydrogens is 314 g/mol. The van der Waals surface area contributed by atoms with Crippen molar-refractivity contribution in [2.24, 2.45) is 0 Å². The van der Waals surface area contributed by atoms with Gasteiger partial charge >= 0.3 is 0 Å². The molecule has 1 fully saturated rings. The molecule has 4 heteroatoms. The van der Waals surface area contributed by atoms with Crippen LogP contribution < -0.4 is 10.6 Å². The fourth-order valence-corrected chi connectivity index (χ4v) is 3.61. The Morgan fingerprint density at radius 1 is 1.21 bits per heavy atom. The third kappa shape index (κ3) is 4.46. The minimum Gasteiger partial charge on any atom is -0.366 e. The lowest BCUT2D eigenvalue weighted by Gasteiger charge is -2.29. The van der Waals surface area contributed by atoms with E-state index in [0.29, 0.717) is 6.04 Å². The first kappa shape index (κ1) is 17.2.